The van der Waals surface area contributed by atoms with Crippen LogP contribution in [0.1, 0.15) is 38.8 Å². The third kappa shape index (κ3) is 5.02. The van der Waals surface area contributed by atoms with Crippen molar-refractivity contribution in [3.05, 3.63) is 93.0 Å². The van der Waals surface area contributed by atoms with Gasteiger partial charge in [0.25, 0.3) is 0 Å². The van der Waals surface area contributed by atoms with Crippen molar-refractivity contribution in [2.24, 2.45) is 5.16 Å². The first-order chi connectivity index (χ1) is 15.6. The van der Waals surface area contributed by atoms with Crippen LogP contribution >= 0.6 is 23.2 Å². The topological polar surface area (TPSA) is 64.4 Å². The van der Waals surface area contributed by atoms with Gasteiger partial charge in [-0.2, -0.15) is 13.2 Å². The van der Waals surface area contributed by atoms with Crippen molar-refractivity contribution < 1.29 is 22.8 Å². The lowest BCUT2D eigenvalue weighted by Gasteiger charge is -2.22. The summed E-state index contributed by atoms with van der Waals surface area (Å²) in [5, 5.41) is 4.16. The fourth-order valence-electron chi connectivity index (χ4n) is 3.74. The van der Waals surface area contributed by atoms with Gasteiger partial charge in [-0.1, -0.05) is 40.5 Å². The van der Waals surface area contributed by atoms with E-state index in [9.17, 15) is 18.0 Å². The zero-order valence-electron chi connectivity index (χ0n) is 17.1. The van der Waals surface area contributed by atoms with Crippen LogP contribution in [0.3, 0.4) is 0 Å². The lowest BCUT2D eigenvalue weighted by molar-refractivity contribution is -0.216. The molecule has 0 N–H and O–H groups in total. The monoisotopic (exact) mass is 493 g/mol. The third-order valence-electron chi connectivity index (χ3n) is 5.19. The van der Waals surface area contributed by atoms with Crippen molar-refractivity contribution in [3.8, 4) is 0 Å². The Bertz CT molecular complexity index is 1210. The van der Waals surface area contributed by atoms with Crippen LogP contribution in [0.4, 0.5) is 13.2 Å². The number of rotatable bonds is 5. The molecule has 0 fully saturated rings. The molecule has 1 aliphatic rings. The summed E-state index contributed by atoms with van der Waals surface area (Å²) in [4.78, 5) is 25.6. The molecule has 0 aliphatic carbocycles. The van der Waals surface area contributed by atoms with Crippen molar-refractivity contribution in [2.75, 3.05) is 0 Å². The molecular formula is C23H16Cl2F3N3O2. The molecule has 33 heavy (non-hydrogen) atoms. The normalized spacial score (nSPS) is 18.1. The molecule has 10 heteroatoms. The highest BCUT2D eigenvalue weighted by Gasteiger charge is 2.53. The number of aromatic nitrogens is 2. The molecule has 2 heterocycles. The fourth-order valence-corrected chi connectivity index (χ4v) is 4.28. The Morgan fingerprint density at radius 3 is 2.33 bits per heavy atom. The molecule has 5 nitrogen and oxygen atoms in total. The van der Waals surface area contributed by atoms with Crippen molar-refractivity contribution in [1.29, 1.82) is 0 Å². The molecular weight excluding hydrogens is 478 g/mol. The van der Waals surface area contributed by atoms with Crippen molar-refractivity contribution in [3.63, 3.8) is 0 Å². The van der Waals surface area contributed by atoms with Gasteiger partial charge in [-0.05, 0) is 48.4 Å². The fraction of sp³-hybridized carbons (Fsp3) is 0.217. The Kier molecular flexibility index (Phi) is 6.41. The van der Waals surface area contributed by atoms with Crippen LogP contribution in [-0.2, 0) is 11.3 Å². The number of carbonyl (C=O) groups is 1. The summed E-state index contributed by atoms with van der Waals surface area (Å²) < 4.78 is 41.2. The first-order valence-electron chi connectivity index (χ1n) is 9.80. The summed E-state index contributed by atoms with van der Waals surface area (Å²) in [7, 11) is 0. The summed E-state index contributed by atoms with van der Waals surface area (Å²) in [6.07, 6.45) is -3.78. The van der Waals surface area contributed by atoms with E-state index < -0.39 is 18.2 Å². The number of hydrogen-bond acceptors (Lipinski definition) is 5. The van der Waals surface area contributed by atoms with Crippen LogP contribution in [0.25, 0.3) is 0 Å². The SMILES string of the molecule is Cc1cc(C2=NOC(C(F)(F)F)C2c2cc(Cl)cc(Cl)c2)ccc1C(=O)Cc1ncccn1. The van der Waals surface area contributed by atoms with Gasteiger partial charge in [-0.3, -0.25) is 4.79 Å². The molecule has 170 valence electrons. The average Bonchev–Trinajstić information content (AvgIpc) is 3.19. The van der Waals surface area contributed by atoms with Gasteiger partial charge in [0.1, 0.15) is 5.82 Å². The number of Topliss-reactive ketones (excluding diaryl/α,β-unsaturated/α-hetero) is 1. The molecule has 0 bridgehead atoms. The first kappa shape index (κ1) is 23.2. The number of carbonyl (C=O) groups excluding carboxylic acids is 1. The van der Waals surface area contributed by atoms with Gasteiger partial charge >= 0.3 is 6.18 Å². The molecule has 0 saturated heterocycles. The zero-order valence-corrected chi connectivity index (χ0v) is 18.6. The summed E-state index contributed by atoms with van der Waals surface area (Å²) in [5.74, 6) is -1.11. The molecule has 4 rings (SSSR count). The van der Waals surface area contributed by atoms with E-state index in [1.165, 1.54) is 18.2 Å². The lowest BCUT2D eigenvalue weighted by atomic mass is 9.85. The maximum atomic E-state index is 13.7. The Labute approximate surface area is 197 Å². The van der Waals surface area contributed by atoms with Crippen LogP contribution in [0, 0.1) is 6.92 Å². The van der Waals surface area contributed by atoms with Crippen LogP contribution in [0.2, 0.25) is 10.0 Å². The second-order valence-electron chi connectivity index (χ2n) is 7.52. The molecule has 2 atom stereocenters. The number of halogens is 5. The Hall–Kier alpha value is -2.97. The van der Waals surface area contributed by atoms with Crippen molar-refractivity contribution in [1.82, 2.24) is 9.97 Å². The number of aryl methyl sites for hydroxylation is 1. The molecule has 1 aromatic heterocycles. The van der Waals surface area contributed by atoms with Crippen LogP contribution < -0.4 is 0 Å². The van der Waals surface area contributed by atoms with Gasteiger partial charge < -0.3 is 4.84 Å². The highest BCUT2D eigenvalue weighted by Crippen LogP contribution is 2.42. The van der Waals surface area contributed by atoms with Gasteiger partial charge in [0.05, 0.1) is 18.1 Å². The van der Waals surface area contributed by atoms with E-state index in [4.69, 9.17) is 28.0 Å². The number of benzene rings is 2. The quantitative estimate of drug-likeness (QED) is 0.411. The van der Waals surface area contributed by atoms with E-state index in [1.54, 1.807) is 43.6 Å². The zero-order chi connectivity index (χ0) is 23.8. The van der Waals surface area contributed by atoms with Gasteiger partial charge in [0.2, 0.25) is 6.10 Å². The standard InChI is InChI=1S/C23H16Cl2F3N3O2/c1-12-7-13(3-4-17(12)18(32)11-19-29-5-2-6-30-19)21-20(22(33-31-21)23(26,27)28)14-8-15(24)10-16(25)9-14/h2-10,20,22H,11H2,1H3. The highest BCUT2D eigenvalue weighted by molar-refractivity contribution is 6.34. The van der Waals surface area contributed by atoms with Gasteiger partial charge in [-0.25, -0.2) is 9.97 Å². The van der Waals surface area contributed by atoms with Crippen LogP contribution in [0.15, 0.2) is 60.0 Å². The minimum atomic E-state index is -4.68. The molecule has 2 aromatic carbocycles. The number of ketones is 1. The van der Waals surface area contributed by atoms with Crippen molar-refractivity contribution in [2.45, 2.75) is 31.5 Å². The average molecular weight is 494 g/mol. The van der Waals surface area contributed by atoms with E-state index in [2.05, 4.69) is 15.1 Å². The molecule has 1 aliphatic heterocycles. The molecule has 0 saturated carbocycles. The summed E-state index contributed by atoms with van der Waals surface area (Å²) in [6.45, 7) is 1.70. The predicted octanol–water partition coefficient (Wildman–Crippen LogP) is 5.97. The summed E-state index contributed by atoms with van der Waals surface area (Å²) in [6, 6.07) is 10.6. The van der Waals surface area contributed by atoms with E-state index in [0.29, 0.717) is 22.5 Å². The summed E-state index contributed by atoms with van der Waals surface area (Å²) in [5.41, 5.74) is 1.69. The second kappa shape index (κ2) is 9.11. The number of oxime groups is 1. The minimum absolute atomic E-state index is 0.00483. The molecule has 0 radical (unpaired) electrons. The molecule has 0 amide bonds. The first-order valence-corrected chi connectivity index (χ1v) is 10.6. The maximum Gasteiger partial charge on any atom is 0.429 e. The van der Waals surface area contributed by atoms with Crippen molar-refractivity contribution >= 4 is 34.7 Å². The van der Waals surface area contributed by atoms with E-state index in [1.807, 2.05) is 0 Å². The van der Waals surface area contributed by atoms with E-state index in [-0.39, 0.29) is 33.5 Å². The number of hydrogen-bond donors (Lipinski definition) is 0. The van der Waals surface area contributed by atoms with Crippen LogP contribution in [0.5, 0.6) is 0 Å². The largest absolute Gasteiger partial charge is 0.429 e. The minimum Gasteiger partial charge on any atom is -0.381 e. The van der Waals surface area contributed by atoms with E-state index in [0.717, 1.165) is 0 Å². The van der Waals surface area contributed by atoms with E-state index >= 15 is 0 Å². The molecule has 2 unspecified atom stereocenters. The van der Waals surface area contributed by atoms with Gasteiger partial charge in [-0.15, -0.1) is 0 Å². The Morgan fingerprint density at radius 1 is 1.06 bits per heavy atom. The van der Waals surface area contributed by atoms with Gasteiger partial charge in [0.15, 0.2) is 5.78 Å². The summed E-state index contributed by atoms with van der Waals surface area (Å²) >= 11 is 12.1. The predicted molar refractivity (Wildman–Crippen MR) is 118 cm³/mol. The van der Waals surface area contributed by atoms with Crippen LogP contribution in [-0.4, -0.2) is 33.7 Å². The maximum absolute atomic E-state index is 13.7. The third-order valence-corrected chi connectivity index (χ3v) is 5.63. The Balaban J connectivity index is 1.68. The second-order valence-corrected chi connectivity index (χ2v) is 8.39. The molecule has 3 aromatic rings. The smallest absolute Gasteiger partial charge is 0.381 e. The van der Waals surface area contributed by atoms with Gasteiger partial charge in [0, 0.05) is 33.6 Å². The lowest BCUT2D eigenvalue weighted by Crippen LogP contribution is -2.35. The highest BCUT2D eigenvalue weighted by atomic mass is 35.5. The number of nitrogens with zero attached hydrogens (tertiary/aromatic N) is 3. The molecule has 0 spiro atoms. The Morgan fingerprint density at radius 2 is 1.73 bits per heavy atom. The number of alkyl halides is 3.